The average molecular weight is 495 g/mol. The van der Waals surface area contributed by atoms with Crippen LogP contribution in [0.15, 0.2) is 96.3 Å². The fourth-order valence-corrected chi connectivity index (χ4v) is 4.57. The van der Waals surface area contributed by atoms with E-state index in [1.807, 2.05) is 41.1 Å². The summed E-state index contributed by atoms with van der Waals surface area (Å²) in [6.07, 6.45) is 0.470. The van der Waals surface area contributed by atoms with Gasteiger partial charge in [-0.15, -0.1) is 0 Å². The molecule has 0 saturated heterocycles. The Hall–Kier alpha value is -3.85. The van der Waals surface area contributed by atoms with Crippen LogP contribution in [0.2, 0.25) is 0 Å². The monoisotopic (exact) mass is 494 g/mol. The molecule has 0 spiro atoms. The van der Waals surface area contributed by atoms with Crippen LogP contribution in [0.1, 0.15) is 11.1 Å². The Labute approximate surface area is 202 Å². The Morgan fingerprint density at radius 2 is 1.66 bits per heavy atom. The van der Waals surface area contributed by atoms with Gasteiger partial charge in [0.2, 0.25) is 0 Å². The Morgan fingerprint density at radius 3 is 2.46 bits per heavy atom. The van der Waals surface area contributed by atoms with Crippen LogP contribution in [0.25, 0.3) is 22.2 Å². The van der Waals surface area contributed by atoms with Gasteiger partial charge in [-0.05, 0) is 59.3 Å². The van der Waals surface area contributed by atoms with E-state index in [1.54, 1.807) is 12.1 Å². The second-order valence-corrected chi connectivity index (χ2v) is 8.64. The fourth-order valence-electron chi connectivity index (χ4n) is 3.78. The van der Waals surface area contributed by atoms with Crippen molar-refractivity contribution >= 4 is 28.7 Å². The van der Waals surface area contributed by atoms with Gasteiger partial charge >= 0.3 is 6.18 Å². The maximum absolute atomic E-state index is 13.7. The molecule has 0 bridgehead atoms. The van der Waals surface area contributed by atoms with Gasteiger partial charge in [0.15, 0.2) is 5.82 Å². The second kappa shape index (κ2) is 9.42. The zero-order valence-corrected chi connectivity index (χ0v) is 18.9. The maximum atomic E-state index is 13.7. The van der Waals surface area contributed by atoms with Crippen molar-refractivity contribution in [3.63, 3.8) is 0 Å². The molecular weight excluding hydrogens is 476 g/mol. The first-order valence-corrected chi connectivity index (χ1v) is 11.4. The Balaban J connectivity index is 1.36. The predicted molar refractivity (Wildman–Crippen MR) is 129 cm³/mol. The zero-order valence-electron chi connectivity index (χ0n) is 18.1. The van der Waals surface area contributed by atoms with Crippen molar-refractivity contribution in [3.8, 4) is 11.3 Å². The van der Waals surface area contributed by atoms with Crippen LogP contribution in [-0.4, -0.2) is 14.5 Å². The highest BCUT2D eigenvalue weighted by Gasteiger charge is 2.33. The van der Waals surface area contributed by atoms with Crippen LogP contribution >= 0.6 is 11.9 Å². The topological polar surface area (TPSA) is 42.7 Å². The highest BCUT2D eigenvalue weighted by atomic mass is 32.2. The summed E-state index contributed by atoms with van der Waals surface area (Å²) in [6, 6.07) is 19.6. The summed E-state index contributed by atoms with van der Waals surface area (Å²) >= 11 is 0.838. The minimum atomic E-state index is -4.46. The summed E-state index contributed by atoms with van der Waals surface area (Å²) in [5.41, 5.74) is 2.37. The Bertz CT molecular complexity index is 1480. The van der Waals surface area contributed by atoms with Gasteiger partial charge < -0.3 is 9.29 Å². The third kappa shape index (κ3) is 5.00. The minimum Gasteiger partial charge on any atom is -0.343 e. The van der Waals surface area contributed by atoms with Gasteiger partial charge in [-0.3, -0.25) is 4.98 Å². The van der Waals surface area contributed by atoms with Crippen molar-refractivity contribution in [2.24, 2.45) is 0 Å². The van der Waals surface area contributed by atoms with E-state index in [2.05, 4.69) is 14.7 Å². The lowest BCUT2D eigenvalue weighted by atomic mass is 10.1. The number of hydrogen-bond acceptors (Lipinski definition) is 4. The van der Waals surface area contributed by atoms with E-state index in [0.29, 0.717) is 18.1 Å². The van der Waals surface area contributed by atoms with E-state index in [0.717, 1.165) is 40.0 Å². The molecular formula is C26H18F4N4S. The molecule has 35 heavy (non-hydrogen) atoms. The van der Waals surface area contributed by atoms with Crippen molar-refractivity contribution in [2.75, 3.05) is 4.72 Å². The molecule has 0 amide bonds. The summed E-state index contributed by atoms with van der Waals surface area (Å²) in [5, 5.41) is 0.961. The van der Waals surface area contributed by atoms with Crippen molar-refractivity contribution in [1.29, 1.82) is 0 Å². The molecule has 176 valence electrons. The smallest absolute Gasteiger partial charge is 0.343 e. The molecule has 1 N–H and O–H groups in total. The molecule has 3 aromatic carbocycles. The highest BCUT2D eigenvalue weighted by molar-refractivity contribution is 8.00. The van der Waals surface area contributed by atoms with Crippen LogP contribution in [-0.2, 0) is 12.7 Å². The second-order valence-electron chi connectivity index (χ2n) is 7.80. The van der Waals surface area contributed by atoms with E-state index >= 15 is 0 Å². The zero-order chi connectivity index (χ0) is 24.4. The molecule has 2 aromatic heterocycles. The molecule has 5 rings (SSSR count). The van der Waals surface area contributed by atoms with Crippen LogP contribution in [0.5, 0.6) is 0 Å². The lowest BCUT2D eigenvalue weighted by Gasteiger charge is -2.14. The summed E-state index contributed by atoms with van der Waals surface area (Å²) < 4.78 is 58.5. The summed E-state index contributed by atoms with van der Waals surface area (Å²) in [7, 11) is 0. The van der Waals surface area contributed by atoms with Gasteiger partial charge in [0, 0.05) is 35.6 Å². The van der Waals surface area contributed by atoms with Gasteiger partial charge in [-0.2, -0.15) is 13.2 Å². The third-order valence-electron chi connectivity index (χ3n) is 5.46. The van der Waals surface area contributed by atoms with E-state index < -0.39 is 11.7 Å². The van der Waals surface area contributed by atoms with E-state index in [9.17, 15) is 17.6 Å². The number of nitrogens with one attached hydrogen (secondary N) is 1. The first-order valence-electron chi connectivity index (χ1n) is 10.6. The standard InChI is InChI=1S/C26H18F4N4S/c27-20-10-9-18-11-14-34(22(18)15-20)16-17-5-7-19(8-6-17)24-25(32-13-12-31-24)33-35-23-4-2-1-3-21(23)26(28,29)30/h1-15H,16H2,(H,32,33). The van der Waals surface area contributed by atoms with Gasteiger partial charge in [-0.25, -0.2) is 9.37 Å². The Kier molecular flexibility index (Phi) is 6.17. The van der Waals surface area contributed by atoms with Crippen molar-refractivity contribution in [3.05, 3.63) is 108 Å². The highest BCUT2D eigenvalue weighted by Crippen LogP contribution is 2.37. The van der Waals surface area contributed by atoms with Crippen molar-refractivity contribution < 1.29 is 17.6 Å². The molecule has 0 aliphatic heterocycles. The van der Waals surface area contributed by atoms with Gasteiger partial charge in [0.25, 0.3) is 0 Å². The molecule has 9 heteroatoms. The number of alkyl halides is 3. The number of fused-ring (bicyclic) bond motifs is 1. The van der Waals surface area contributed by atoms with Crippen LogP contribution in [0.3, 0.4) is 0 Å². The van der Waals surface area contributed by atoms with Gasteiger partial charge in [0.05, 0.1) is 11.1 Å². The number of benzene rings is 3. The number of hydrogen-bond donors (Lipinski definition) is 1. The molecule has 0 saturated carbocycles. The molecule has 2 heterocycles. The first kappa shape index (κ1) is 22.9. The normalized spacial score (nSPS) is 11.7. The summed E-state index contributed by atoms with van der Waals surface area (Å²) in [4.78, 5) is 8.70. The molecule has 4 nitrogen and oxygen atoms in total. The molecule has 0 atom stereocenters. The van der Waals surface area contributed by atoms with E-state index in [-0.39, 0.29) is 10.7 Å². The Morgan fingerprint density at radius 1 is 0.886 bits per heavy atom. The SMILES string of the molecule is Fc1ccc2ccn(Cc3ccc(-c4nccnc4NSc4ccccc4C(F)(F)F)cc3)c2c1. The summed E-state index contributed by atoms with van der Waals surface area (Å²) in [5.74, 6) is 0.0697. The molecule has 5 aromatic rings. The molecule has 0 aliphatic rings. The van der Waals surface area contributed by atoms with E-state index in [4.69, 9.17) is 0 Å². The number of aromatic nitrogens is 3. The van der Waals surface area contributed by atoms with Crippen LogP contribution in [0, 0.1) is 5.82 Å². The number of halogens is 4. The maximum Gasteiger partial charge on any atom is 0.417 e. The number of rotatable bonds is 6. The van der Waals surface area contributed by atoms with E-state index in [1.165, 1.54) is 36.7 Å². The molecule has 0 unspecified atom stereocenters. The largest absolute Gasteiger partial charge is 0.417 e. The lowest BCUT2D eigenvalue weighted by molar-refractivity contribution is -0.139. The number of anilines is 1. The molecule has 0 fully saturated rings. The van der Waals surface area contributed by atoms with Gasteiger partial charge in [0.1, 0.15) is 11.5 Å². The van der Waals surface area contributed by atoms with Crippen molar-refractivity contribution in [2.45, 2.75) is 17.6 Å². The van der Waals surface area contributed by atoms with Crippen LogP contribution < -0.4 is 4.72 Å². The molecule has 0 radical (unpaired) electrons. The minimum absolute atomic E-state index is 0.0438. The third-order valence-corrected chi connectivity index (χ3v) is 6.34. The first-order chi connectivity index (χ1) is 16.9. The quantitative estimate of drug-likeness (QED) is 0.197. The lowest BCUT2D eigenvalue weighted by Crippen LogP contribution is -2.07. The average Bonchev–Trinajstić information content (AvgIpc) is 3.25. The summed E-state index contributed by atoms with van der Waals surface area (Å²) in [6.45, 7) is 0.558. The molecule has 0 aliphatic carbocycles. The van der Waals surface area contributed by atoms with Crippen LogP contribution in [0.4, 0.5) is 23.4 Å². The fraction of sp³-hybridized carbons (Fsp3) is 0.0769. The van der Waals surface area contributed by atoms with Crippen molar-refractivity contribution in [1.82, 2.24) is 14.5 Å². The number of nitrogens with zero attached hydrogens (tertiary/aromatic N) is 3. The predicted octanol–water partition coefficient (Wildman–Crippen LogP) is 7.42. The van der Waals surface area contributed by atoms with Gasteiger partial charge in [-0.1, -0.05) is 36.4 Å².